The maximum Gasteiger partial charge on any atom is 0.338 e. The lowest BCUT2D eigenvalue weighted by atomic mass is 10.0. The molecule has 0 amide bonds. The van der Waals surface area contributed by atoms with Crippen molar-refractivity contribution in [2.75, 3.05) is 20.8 Å². The number of benzene rings is 2. The topological polar surface area (TPSA) is 90.0 Å². The fourth-order valence-electron chi connectivity index (χ4n) is 3.19. The third kappa shape index (κ3) is 4.83. The summed E-state index contributed by atoms with van der Waals surface area (Å²) >= 11 is 0. The van der Waals surface area contributed by atoms with Gasteiger partial charge in [-0.25, -0.2) is 13.2 Å². The van der Waals surface area contributed by atoms with Gasteiger partial charge in [0.25, 0.3) is 0 Å². The van der Waals surface area contributed by atoms with Crippen LogP contribution in [0.4, 0.5) is 0 Å². The Bertz CT molecular complexity index is 972. The van der Waals surface area contributed by atoms with Crippen LogP contribution in [0, 0.1) is 6.92 Å². The number of nitrogens with zero attached hydrogens (tertiary/aromatic N) is 1. The molecule has 0 aliphatic rings. The van der Waals surface area contributed by atoms with E-state index in [1.807, 2.05) is 37.3 Å². The molecule has 2 aromatic carbocycles. The number of rotatable bonds is 8. The molecule has 1 atom stereocenters. The molecule has 0 N–H and O–H groups in total. The third-order valence-electron chi connectivity index (χ3n) is 4.71. The Morgan fingerprint density at radius 1 is 1.00 bits per heavy atom. The van der Waals surface area contributed by atoms with Gasteiger partial charge in [-0.05, 0) is 36.6 Å². The molecular formula is C21H25NO6S. The smallest absolute Gasteiger partial charge is 0.338 e. The van der Waals surface area contributed by atoms with Crippen LogP contribution in [0.25, 0.3) is 0 Å². The highest BCUT2D eigenvalue weighted by Gasteiger charge is 2.35. The summed E-state index contributed by atoms with van der Waals surface area (Å²) in [5.74, 6) is -1.31. The van der Waals surface area contributed by atoms with Crippen molar-refractivity contribution in [2.45, 2.75) is 31.2 Å². The molecule has 156 valence electrons. The second-order valence-electron chi connectivity index (χ2n) is 6.38. The van der Waals surface area contributed by atoms with Gasteiger partial charge in [-0.3, -0.25) is 4.79 Å². The molecule has 0 saturated carbocycles. The number of carbonyl (C=O) groups excluding carboxylic acids is 2. The standard InChI is InChI=1S/C21H25NO6S/c1-5-18(16-10-7-6-8-11-16)22(14-20(23)27-3)29(25,26)19-13-9-12-17(15(19)2)21(24)28-4/h6-13,18H,5,14H2,1-4H3/t18-/m0/s1. The van der Waals surface area contributed by atoms with E-state index in [4.69, 9.17) is 9.47 Å². The van der Waals surface area contributed by atoms with E-state index in [0.29, 0.717) is 6.42 Å². The largest absolute Gasteiger partial charge is 0.468 e. The Kier molecular flexibility index (Phi) is 7.53. The first-order valence-electron chi connectivity index (χ1n) is 9.09. The van der Waals surface area contributed by atoms with E-state index in [1.54, 1.807) is 6.92 Å². The van der Waals surface area contributed by atoms with Crippen molar-refractivity contribution in [3.8, 4) is 0 Å². The summed E-state index contributed by atoms with van der Waals surface area (Å²) in [6, 6.07) is 12.9. The van der Waals surface area contributed by atoms with E-state index < -0.39 is 34.5 Å². The predicted molar refractivity (Wildman–Crippen MR) is 108 cm³/mol. The molecule has 0 aliphatic heterocycles. The van der Waals surface area contributed by atoms with E-state index in [9.17, 15) is 18.0 Å². The molecule has 0 radical (unpaired) electrons. The summed E-state index contributed by atoms with van der Waals surface area (Å²) in [6.45, 7) is 2.93. The quantitative estimate of drug-likeness (QED) is 0.611. The summed E-state index contributed by atoms with van der Waals surface area (Å²) in [6.07, 6.45) is 0.440. The molecule has 0 bridgehead atoms. The summed E-state index contributed by atoms with van der Waals surface area (Å²) in [5.41, 5.74) is 1.17. The summed E-state index contributed by atoms with van der Waals surface area (Å²) in [5, 5.41) is 0. The van der Waals surface area contributed by atoms with Crippen LogP contribution in [0.15, 0.2) is 53.4 Å². The Morgan fingerprint density at radius 2 is 1.66 bits per heavy atom. The highest BCUT2D eigenvalue weighted by atomic mass is 32.2. The Labute approximate surface area is 171 Å². The minimum Gasteiger partial charge on any atom is -0.468 e. The first-order chi connectivity index (χ1) is 13.8. The molecule has 0 aromatic heterocycles. The van der Waals surface area contributed by atoms with Gasteiger partial charge in [0.2, 0.25) is 10.0 Å². The molecular weight excluding hydrogens is 394 g/mol. The molecule has 2 aromatic rings. The SMILES string of the molecule is CC[C@@H](c1ccccc1)N(CC(=O)OC)S(=O)(=O)c1cccc(C(=O)OC)c1C. The lowest BCUT2D eigenvalue weighted by molar-refractivity contribution is -0.141. The molecule has 0 heterocycles. The first-order valence-corrected chi connectivity index (χ1v) is 10.5. The maximum absolute atomic E-state index is 13.6. The highest BCUT2D eigenvalue weighted by molar-refractivity contribution is 7.89. The number of methoxy groups -OCH3 is 2. The zero-order valence-electron chi connectivity index (χ0n) is 16.9. The van der Waals surface area contributed by atoms with E-state index in [-0.39, 0.29) is 16.0 Å². The number of sulfonamides is 1. The van der Waals surface area contributed by atoms with Crippen molar-refractivity contribution in [1.29, 1.82) is 0 Å². The predicted octanol–water partition coefficient (Wildman–Crippen LogP) is 3.10. The number of esters is 2. The fourth-order valence-corrected chi connectivity index (χ4v) is 5.07. The average Bonchev–Trinajstić information content (AvgIpc) is 2.73. The van der Waals surface area contributed by atoms with E-state index in [0.717, 1.165) is 9.87 Å². The van der Waals surface area contributed by atoms with Crippen LogP contribution in [0.3, 0.4) is 0 Å². The van der Waals surface area contributed by atoms with Gasteiger partial charge < -0.3 is 9.47 Å². The monoisotopic (exact) mass is 419 g/mol. The summed E-state index contributed by atoms with van der Waals surface area (Å²) in [7, 11) is -1.70. The zero-order valence-corrected chi connectivity index (χ0v) is 17.7. The van der Waals surface area contributed by atoms with Crippen LogP contribution in [0.5, 0.6) is 0 Å². The van der Waals surface area contributed by atoms with Crippen molar-refractivity contribution >= 4 is 22.0 Å². The number of hydrogen-bond donors (Lipinski definition) is 0. The van der Waals surface area contributed by atoms with Crippen molar-refractivity contribution in [3.05, 3.63) is 65.2 Å². The molecule has 0 saturated heterocycles. The molecule has 7 nitrogen and oxygen atoms in total. The van der Waals surface area contributed by atoms with Gasteiger partial charge in [-0.2, -0.15) is 4.31 Å². The molecule has 29 heavy (non-hydrogen) atoms. The van der Waals surface area contributed by atoms with Crippen LogP contribution in [0.1, 0.15) is 40.9 Å². The van der Waals surface area contributed by atoms with Crippen LogP contribution >= 0.6 is 0 Å². The average molecular weight is 419 g/mol. The van der Waals surface area contributed by atoms with Crippen molar-refractivity contribution in [2.24, 2.45) is 0 Å². The first kappa shape index (κ1) is 22.6. The van der Waals surface area contributed by atoms with Crippen LogP contribution < -0.4 is 0 Å². The lowest BCUT2D eigenvalue weighted by Gasteiger charge is -2.30. The van der Waals surface area contributed by atoms with Gasteiger partial charge >= 0.3 is 11.9 Å². The van der Waals surface area contributed by atoms with Crippen LogP contribution in [0.2, 0.25) is 0 Å². The Balaban J connectivity index is 2.64. The third-order valence-corrected chi connectivity index (χ3v) is 6.71. The van der Waals surface area contributed by atoms with Gasteiger partial charge in [-0.15, -0.1) is 0 Å². The summed E-state index contributed by atoms with van der Waals surface area (Å²) in [4.78, 5) is 24.0. The maximum atomic E-state index is 13.6. The van der Waals surface area contributed by atoms with Gasteiger partial charge in [0, 0.05) is 0 Å². The second-order valence-corrected chi connectivity index (χ2v) is 8.24. The molecule has 0 fully saturated rings. The number of ether oxygens (including phenoxy) is 2. The normalized spacial score (nSPS) is 12.4. The van der Waals surface area contributed by atoms with E-state index >= 15 is 0 Å². The van der Waals surface area contributed by atoms with Gasteiger partial charge in [0.1, 0.15) is 6.54 Å². The van der Waals surface area contributed by atoms with Crippen molar-refractivity contribution < 1.29 is 27.5 Å². The van der Waals surface area contributed by atoms with Gasteiger partial charge in [0.15, 0.2) is 0 Å². The van der Waals surface area contributed by atoms with Gasteiger partial charge in [0.05, 0.1) is 30.7 Å². The number of hydrogen-bond acceptors (Lipinski definition) is 6. The molecule has 0 aliphatic carbocycles. The summed E-state index contributed by atoms with van der Waals surface area (Å²) < 4.78 is 37.8. The van der Waals surface area contributed by atoms with Crippen molar-refractivity contribution in [1.82, 2.24) is 4.31 Å². The Morgan fingerprint density at radius 3 is 2.21 bits per heavy atom. The zero-order chi connectivity index (χ0) is 21.6. The van der Waals surface area contributed by atoms with E-state index in [2.05, 4.69) is 0 Å². The number of carbonyl (C=O) groups is 2. The van der Waals surface area contributed by atoms with Crippen LogP contribution in [-0.2, 0) is 24.3 Å². The molecule has 0 unspecified atom stereocenters. The molecule has 8 heteroatoms. The Hall–Kier alpha value is -2.71. The highest BCUT2D eigenvalue weighted by Crippen LogP contribution is 2.32. The molecule has 0 spiro atoms. The fraction of sp³-hybridized carbons (Fsp3) is 0.333. The minimum atomic E-state index is -4.14. The molecule has 2 rings (SSSR count). The lowest BCUT2D eigenvalue weighted by Crippen LogP contribution is -2.39. The second kappa shape index (κ2) is 9.67. The minimum absolute atomic E-state index is 0.0568. The van der Waals surface area contributed by atoms with Crippen LogP contribution in [-0.4, -0.2) is 45.4 Å². The van der Waals surface area contributed by atoms with Gasteiger partial charge in [-0.1, -0.05) is 43.3 Å². The van der Waals surface area contributed by atoms with E-state index in [1.165, 1.54) is 32.4 Å². The van der Waals surface area contributed by atoms with Crippen molar-refractivity contribution in [3.63, 3.8) is 0 Å².